The predicted molar refractivity (Wildman–Crippen MR) is 163 cm³/mol. The summed E-state index contributed by atoms with van der Waals surface area (Å²) in [6.45, 7) is 15.3. The Morgan fingerprint density at radius 1 is 0.575 bits per heavy atom. The second kappa shape index (κ2) is 11.7. The van der Waals surface area contributed by atoms with Crippen molar-refractivity contribution in [1.29, 1.82) is 0 Å². The first kappa shape index (κ1) is 29.1. The Balaban J connectivity index is 1.77. The van der Waals surface area contributed by atoms with Crippen molar-refractivity contribution in [1.82, 2.24) is 0 Å². The molecule has 210 valence electrons. The van der Waals surface area contributed by atoms with E-state index in [9.17, 15) is 10.2 Å². The molecule has 0 heterocycles. The third kappa shape index (κ3) is 6.80. The van der Waals surface area contributed by atoms with Gasteiger partial charge in [-0.3, -0.25) is 0 Å². The van der Waals surface area contributed by atoms with Crippen LogP contribution in [-0.4, -0.2) is 10.2 Å². The molecule has 2 N–H and O–H groups in total. The van der Waals surface area contributed by atoms with Crippen LogP contribution in [0.3, 0.4) is 0 Å². The molecule has 0 spiro atoms. The highest BCUT2D eigenvalue weighted by molar-refractivity contribution is 5.58. The number of hydrogen-bond donors (Lipinski definition) is 2. The molecule has 0 fully saturated rings. The first-order valence-electron chi connectivity index (χ1n) is 13.9. The maximum absolute atomic E-state index is 11.5. The summed E-state index contributed by atoms with van der Waals surface area (Å²) in [5, 5.41) is 23.1. The summed E-state index contributed by atoms with van der Waals surface area (Å²) in [5.74, 6) is 1.47. The normalized spacial score (nSPS) is 12.0. The zero-order valence-electron chi connectivity index (χ0n) is 24.8. The first-order chi connectivity index (χ1) is 18.8. The Bertz CT molecular complexity index is 1320. The lowest BCUT2D eigenvalue weighted by Crippen LogP contribution is -2.15. The van der Waals surface area contributed by atoms with E-state index in [4.69, 9.17) is 9.47 Å². The molecule has 0 aliphatic rings. The Kier molecular flexibility index (Phi) is 8.48. The Morgan fingerprint density at radius 3 is 1.25 bits per heavy atom. The smallest absolute Gasteiger partial charge is 0.123 e. The van der Waals surface area contributed by atoms with E-state index in [0.29, 0.717) is 35.8 Å². The highest BCUT2D eigenvalue weighted by atomic mass is 16.5. The van der Waals surface area contributed by atoms with Crippen molar-refractivity contribution in [2.24, 2.45) is 0 Å². The van der Waals surface area contributed by atoms with Crippen LogP contribution >= 0.6 is 0 Å². The average Bonchev–Trinajstić information content (AvgIpc) is 2.91. The minimum atomic E-state index is -0.331. The third-order valence-corrected chi connectivity index (χ3v) is 7.27. The second-order valence-electron chi connectivity index (χ2n) is 12.6. The number of rotatable bonds is 8. The summed E-state index contributed by atoms with van der Waals surface area (Å²) < 4.78 is 12.5. The molecular weight excluding hydrogens is 496 g/mol. The van der Waals surface area contributed by atoms with Gasteiger partial charge < -0.3 is 19.7 Å². The van der Waals surface area contributed by atoms with Crippen molar-refractivity contribution in [3.63, 3.8) is 0 Å². The molecule has 0 aromatic heterocycles. The summed E-state index contributed by atoms with van der Waals surface area (Å²) in [4.78, 5) is 0. The third-order valence-electron chi connectivity index (χ3n) is 7.27. The maximum Gasteiger partial charge on any atom is 0.123 e. The maximum atomic E-state index is 11.5. The van der Waals surface area contributed by atoms with Crippen LogP contribution in [0.5, 0.6) is 23.0 Å². The Hall–Kier alpha value is -3.92. The van der Waals surface area contributed by atoms with Crippen molar-refractivity contribution >= 4 is 0 Å². The second-order valence-corrected chi connectivity index (χ2v) is 12.6. The number of ether oxygens (including phenoxy) is 2. The van der Waals surface area contributed by atoms with Gasteiger partial charge in [0.15, 0.2) is 0 Å². The molecule has 4 aromatic rings. The largest absolute Gasteiger partial charge is 0.507 e. The van der Waals surface area contributed by atoms with E-state index in [1.807, 2.05) is 91.9 Å². The van der Waals surface area contributed by atoms with Gasteiger partial charge in [-0.2, -0.15) is 0 Å². The highest BCUT2D eigenvalue weighted by Gasteiger charge is 2.29. The zero-order chi connectivity index (χ0) is 29.1. The van der Waals surface area contributed by atoms with Crippen molar-refractivity contribution < 1.29 is 19.7 Å². The summed E-state index contributed by atoms with van der Waals surface area (Å²) in [7, 11) is 0. The van der Waals surface area contributed by atoms with Gasteiger partial charge in [0.2, 0.25) is 0 Å². The van der Waals surface area contributed by atoms with Gasteiger partial charge in [0, 0.05) is 28.2 Å². The fourth-order valence-corrected chi connectivity index (χ4v) is 4.88. The molecule has 0 atom stereocenters. The van der Waals surface area contributed by atoms with Gasteiger partial charge in [0.25, 0.3) is 0 Å². The van der Waals surface area contributed by atoms with Crippen molar-refractivity contribution in [3.05, 3.63) is 118 Å². The summed E-state index contributed by atoms with van der Waals surface area (Å²) >= 11 is 0. The predicted octanol–water partition coefficient (Wildman–Crippen LogP) is 9.00. The van der Waals surface area contributed by atoms with Crippen molar-refractivity contribution in [2.75, 3.05) is 0 Å². The standard InChI is InChI=1S/C36H42O4/c1-24(29-18-27(20-31(33(29)37)35(2,3)4)39-22-25-14-10-8-11-15-25)30-19-28(21-32(34(30)38)36(5,6)7)40-23-26-16-12-9-13-17-26/h8-21,24,37-38H,22-23H2,1-7H3. The van der Waals surface area contributed by atoms with Crippen LogP contribution in [0.2, 0.25) is 0 Å². The Morgan fingerprint density at radius 2 is 0.925 bits per heavy atom. The molecule has 4 rings (SSSR count). The van der Waals surface area contributed by atoms with E-state index in [0.717, 1.165) is 22.3 Å². The van der Waals surface area contributed by atoms with E-state index < -0.39 is 0 Å². The molecule has 0 unspecified atom stereocenters. The van der Waals surface area contributed by atoms with Crippen LogP contribution in [0.25, 0.3) is 0 Å². The number of hydrogen-bond acceptors (Lipinski definition) is 4. The van der Waals surface area contributed by atoms with Crippen molar-refractivity contribution in [2.45, 2.75) is 78.4 Å². The van der Waals surface area contributed by atoms with E-state index >= 15 is 0 Å². The fourth-order valence-electron chi connectivity index (χ4n) is 4.88. The quantitative estimate of drug-likeness (QED) is 0.235. The fraction of sp³-hybridized carbons (Fsp3) is 0.333. The lowest BCUT2D eigenvalue weighted by molar-refractivity contribution is 0.302. The topological polar surface area (TPSA) is 58.9 Å². The minimum absolute atomic E-state index is 0.222. The summed E-state index contributed by atoms with van der Waals surface area (Å²) in [6, 6.07) is 27.7. The van der Waals surface area contributed by atoms with E-state index in [1.54, 1.807) is 0 Å². The minimum Gasteiger partial charge on any atom is -0.507 e. The van der Waals surface area contributed by atoms with Crippen LogP contribution in [0.15, 0.2) is 84.9 Å². The molecule has 0 saturated heterocycles. The summed E-state index contributed by atoms with van der Waals surface area (Å²) in [5.41, 5.74) is 4.50. The van der Waals surface area contributed by atoms with Gasteiger partial charge in [-0.1, -0.05) is 109 Å². The molecule has 0 aliphatic heterocycles. The van der Waals surface area contributed by atoms with E-state index in [2.05, 4.69) is 41.5 Å². The SMILES string of the molecule is CC(c1cc(OCc2ccccc2)cc(C(C)(C)C)c1O)c1cc(OCc2ccccc2)cc(C(C)(C)C)c1O. The van der Waals surface area contributed by atoms with Crippen LogP contribution in [0.1, 0.15) is 87.8 Å². The molecule has 4 heteroatoms. The number of phenols is 2. The molecule has 40 heavy (non-hydrogen) atoms. The molecule has 4 aromatic carbocycles. The van der Waals surface area contributed by atoms with Gasteiger partial charge in [0.05, 0.1) is 0 Å². The van der Waals surface area contributed by atoms with Crippen LogP contribution in [-0.2, 0) is 24.0 Å². The van der Waals surface area contributed by atoms with Crippen molar-refractivity contribution in [3.8, 4) is 23.0 Å². The molecule has 4 nitrogen and oxygen atoms in total. The zero-order valence-corrected chi connectivity index (χ0v) is 24.8. The van der Waals surface area contributed by atoms with Crippen LogP contribution in [0.4, 0.5) is 0 Å². The molecule has 0 aliphatic carbocycles. The lowest BCUT2D eigenvalue weighted by atomic mass is 9.79. The monoisotopic (exact) mass is 538 g/mol. The molecule has 0 amide bonds. The van der Waals surface area contributed by atoms with Gasteiger partial charge in [-0.05, 0) is 46.2 Å². The van der Waals surface area contributed by atoms with Gasteiger partial charge in [-0.25, -0.2) is 0 Å². The Labute approximate surface area is 239 Å². The molecule has 0 saturated carbocycles. The highest BCUT2D eigenvalue weighted by Crippen LogP contribution is 2.46. The van der Waals surface area contributed by atoms with E-state index in [-0.39, 0.29) is 28.2 Å². The van der Waals surface area contributed by atoms with Gasteiger partial charge in [-0.15, -0.1) is 0 Å². The number of phenolic OH excluding ortho intramolecular Hbond substituents is 2. The van der Waals surface area contributed by atoms with Gasteiger partial charge in [0.1, 0.15) is 36.2 Å². The van der Waals surface area contributed by atoms with E-state index in [1.165, 1.54) is 0 Å². The molecule has 0 radical (unpaired) electrons. The summed E-state index contributed by atoms with van der Waals surface area (Å²) in [6.07, 6.45) is 0. The number of aromatic hydroxyl groups is 2. The molecular formula is C36H42O4. The van der Waals surface area contributed by atoms with Crippen LogP contribution in [0, 0.1) is 0 Å². The van der Waals surface area contributed by atoms with Crippen LogP contribution < -0.4 is 9.47 Å². The van der Waals surface area contributed by atoms with Gasteiger partial charge >= 0.3 is 0 Å². The average molecular weight is 539 g/mol. The first-order valence-corrected chi connectivity index (χ1v) is 13.9. The lowest BCUT2D eigenvalue weighted by Gasteiger charge is -2.28. The molecule has 0 bridgehead atoms. The number of benzene rings is 4.